The van der Waals surface area contributed by atoms with Crippen LogP contribution >= 0.6 is 24.0 Å². The van der Waals surface area contributed by atoms with Crippen LogP contribution in [0.15, 0.2) is 35.3 Å². The quantitative estimate of drug-likeness (QED) is 0.477. The Hall–Kier alpha value is -0.780. The number of nitrogens with zero attached hydrogens (tertiary/aromatic N) is 2. The molecule has 0 bridgehead atoms. The molecule has 1 N–H and O–H groups in total. The average molecular weight is 399 g/mol. The minimum Gasteiger partial charge on any atom is -0.357 e. The first-order valence-corrected chi connectivity index (χ1v) is 7.95. The molecule has 1 aliphatic heterocycles. The molecular formula is C17H26IN3. The zero-order valence-electron chi connectivity index (χ0n) is 12.8. The SMILES string of the molecule is CCNC(=NCC1CC1)N1CCC(c2ccccc2)C1.I. The summed E-state index contributed by atoms with van der Waals surface area (Å²) in [5.74, 6) is 2.63. The van der Waals surface area contributed by atoms with Crippen LogP contribution in [0.2, 0.25) is 0 Å². The van der Waals surface area contributed by atoms with Gasteiger partial charge in [-0.1, -0.05) is 30.3 Å². The van der Waals surface area contributed by atoms with Gasteiger partial charge in [-0.25, -0.2) is 0 Å². The van der Waals surface area contributed by atoms with Crippen molar-refractivity contribution >= 4 is 29.9 Å². The fourth-order valence-electron chi connectivity index (χ4n) is 2.89. The monoisotopic (exact) mass is 399 g/mol. The number of rotatable bonds is 4. The summed E-state index contributed by atoms with van der Waals surface area (Å²) in [5.41, 5.74) is 1.47. The fourth-order valence-corrected chi connectivity index (χ4v) is 2.89. The van der Waals surface area contributed by atoms with Crippen molar-refractivity contribution in [2.45, 2.75) is 32.1 Å². The Morgan fingerprint density at radius 1 is 1.24 bits per heavy atom. The van der Waals surface area contributed by atoms with Crippen LogP contribution in [0.5, 0.6) is 0 Å². The van der Waals surface area contributed by atoms with E-state index in [2.05, 4.69) is 47.5 Å². The van der Waals surface area contributed by atoms with Gasteiger partial charge in [0.05, 0.1) is 0 Å². The van der Waals surface area contributed by atoms with E-state index < -0.39 is 0 Å². The van der Waals surface area contributed by atoms with Gasteiger partial charge in [-0.3, -0.25) is 4.99 Å². The molecule has 1 saturated heterocycles. The van der Waals surface area contributed by atoms with Crippen LogP contribution in [-0.4, -0.2) is 37.0 Å². The van der Waals surface area contributed by atoms with Crippen LogP contribution in [0.25, 0.3) is 0 Å². The molecule has 0 amide bonds. The third-order valence-corrected chi connectivity index (χ3v) is 4.29. The van der Waals surface area contributed by atoms with Crippen LogP contribution < -0.4 is 5.32 Å². The highest BCUT2D eigenvalue weighted by Crippen LogP contribution is 2.30. The minimum atomic E-state index is 0. The number of benzene rings is 1. The predicted octanol–water partition coefficient (Wildman–Crippen LogP) is 3.47. The lowest BCUT2D eigenvalue weighted by atomic mass is 9.99. The number of nitrogens with one attached hydrogen (secondary N) is 1. The number of hydrogen-bond donors (Lipinski definition) is 1. The lowest BCUT2D eigenvalue weighted by Gasteiger charge is -2.21. The van der Waals surface area contributed by atoms with Crippen LogP contribution in [0.3, 0.4) is 0 Å². The molecule has 1 heterocycles. The fraction of sp³-hybridized carbons (Fsp3) is 0.588. The van der Waals surface area contributed by atoms with E-state index in [1.807, 2.05) is 0 Å². The molecule has 0 aromatic heterocycles. The van der Waals surface area contributed by atoms with Crippen molar-refractivity contribution in [3.05, 3.63) is 35.9 Å². The second-order valence-corrected chi connectivity index (χ2v) is 5.98. The van der Waals surface area contributed by atoms with Crippen LogP contribution in [0.4, 0.5) is 0 Å². The van der Waals surface area contributed by atoms with Gasteiger partial charge in [-0.15, -0.1) is 24.0 Å². The molecule has 1 aliphatic carbocycles. The van der Waals surface area contributed by atoms with E-state index in [9.17, 15) is 0 Å². The second-order valence-electron chi connectivity index (χ2n) is 5.98. The molecule has 3 nitrogen and oxygen atoms in total. The van der Waals surface area contributed by atoms with Gasteiger partial charge in [0, 0.05) is 32.1 Å². The molecule has 2 fully saturated rings. The molecule has 1 atom stereocenters. The van der Waals surface area contributed by atoms with Gasteiger partial charge in [0.2, 0.25) is 0 Å². The molecule has 1 aromatic rings. The molecule has 3 rings (SSSR count). The van der Waals surface area contributed by atoms with E-state index in [0.29, 0.717) is 5.92 Å². The number of hydrogen-bond acceptors (Lipinski definition) is 1. The molecule has 21 heavy (non-hydrogen) atoms. The van der Waals surface area contributed by atoms with Crippen molar-refractivity contribution in [1.29, 1.82) is 0 Å². The number of halogens is 1. The largest absolute Gasteiger partial charge is 0.357 e. The van der Waals surface area contributed by atoms with Gasteiger partial charge in [-0.05, 0) is 37.7 Å². The molecule has 1 unspecified atom stereocenters. The Kier molecular flexibility index (Phi) is 6.33. The Morgan fingerprint density at radius 2 is 2.00 bits per heavy atom. The van der Waals surface area contributed by atoms with E-state index in [1.54, 1.807) is 0 Å². The van der Waals surface area contributed by atoms with E-state index in [-0.39, 0.29) is 24.0 Å². The van der Waals surface area contributed by atoms with Gasteiger partial charge in [0.15, 0.2) is 5.96 Å². The van der Waals surface area contributed by atoms with Crippen molar-refractivity contribution in [2.24, 2.45) is 10.9 Å². The van der Waals surface area contributed by atoms with Gasteiger partial charge < -0.3 is 10.2 Å². The van der Waals surface area contributed by atoms with Gasteiger partial charge >= 0.3 is 0 Å². The van der Waals surface area contributed by atoms with Crippen LogP contribution in [0.1, 0.15) is 37.7 Å². The van der Waals surface area contributed by atoms with Crippen LogP contribution in [-0.2, 0) is 0 Å². The first-order chi connectivity index (χ1) is 9.86. The summed E-state index contributed by atoms with van der Waals surface area (Å²) in [6, 6.07) is 10.9. The summed E-state index contributed by atoms with van der Waals surface area (Å²) in [5, 5.41) is 3.46. The highest BCUT2D eigenvalue weighted by atomic mass is 127. The predicted molar refractivity (Wildman–Crippen MR) is 99.5 cm³/mol. The van der Waals surface area contributed by atoms with Crippen molar-refractivity contribution in [1.82, 2.24) is 10.2 Å². The maximum absolute atomic E-state index is 4.82. The summed E-state index contributed by atoms with van der Waals surface area (Å²) in [6.07, 6.45) is 3.98. The summed E-state index contributed by atoms with van der Waals surface area (Å²) < 4.78 is 0. The van der Waals surface area contributed by atoms with E-state index in [1.165, 1.54) is 24.8 Å². The second kappa shape index (κ2) is 8.01. The normalized spacial score (nSPS) is 22.0. The van der Waals surface area contributed by atoms with Crippen molar-refractivity contribution < 1.29 is 0 Å². The molecule has 1 aromatic carbocycles. The van der Waals surface area contributed by atoms with Crippen molar-refractivity contribution in [2.75, 3.05) is 26.2 Å². The van der Waals surface area contributed by atoms with Crippen molar-refractivity contribution in [3.63, 3.8) is 0 Å². The maximum atomic E-state index is 4.82. The van der Waals surface area contributed by atoms with Crippen molar-refractivity contribution in [3.8, 4) is 0 Å². The van der Waals surface area contributed by atoms with E-state index in [4.69, 9.17) is 4.99 Å². The van der Waals surface area contributed by atoms with Gasteiger partial charge in [0.1, 0.15) is 0 Å². The number of likely N-dealkylation sites (tertiary alicyclic amines) is 1. The highest BCUT2D eigenvalue weighted by Gasteiger charge is 2.27. The van der Waals surface area contributed by atoms with E-state index in [0.717, 1.165) is 38.1 Å². The zero-order valence-corrected chi connectivity index (χ0v) is 15.1. The van der Waals surface area contributed by atoms with Crippen LogP contribution in [0, 0.1) is 5.92 Å². The Balaban J connectivity index is 0.00000161. The number of aliphatic imine (C=N–C) groups is 1. The summed E-state index contributed by atoms with van der Waals surface area (Å²) in [6.45, 7) is 6.33. The molecule has 0 spiro atoms. The highest BCUT2D eigenvalue weighted by molar-refractivity contribution is 14.0. The summed E-state index contributed by atoms with van der Waals surface area (Å²) in [4.78, 5) is 7.25. The Labute approximate surface area is 145 Å². The smallest absolute Gasteiger partial charge is 0.193 e. The third-order valence-electron chi connectivity index (χ3n) is 4.29. The zero-order chi connectivity index (χ0) is 13.8. The molecule has 0 radical (unpaired) electrons. The standard InChI is InChI=1S/C17H25N3.HI/c1-2-18-17(19-12-14-8-9-14)20-11-10-16(13-20)15-6-4-3-5-7-15;/h3-7,14,16H,2,8-13H2,1H3,(H,18,19);1H. The lowest BCUT2D eigenvalue weighted by molar-refractivity contribution is 0.485. The minimum absolute atomic E-state index is 0. The average Bonchev–Trinajstić information content (AvgIpc) is 3.19. The summed E-state index contributed by atoms with van der Waals surface area (Å²) >= 11 is 0. The Morgan fingerprint density at radius 3 is 2.67 bits per heavy atom. The lowest BCUT2D eigenvalue weighted by Crippen LogP contribution is -2.40. The first kappa shape index (κ1) is 16.6. The van der Waals surface area contributed by atoms with E-state index >= 15 is 0 Å². The molecule has 116 valence electrons. The molecule has 1 saturated carbocycles. The topological polar surface area (TPSA) is 27.6 Å². The number of guanidine groups is 1. The van der Waals surface area contributed by atoms with Gasteiger partial charge in [0.25, 0.3) is 0 Å². The molecular weight excluding hydrogens is 373 g/mol. The third kappa shape index (κ3) is 4.59. The first-order valence-electron chi connectivity index (χ1n) is 7.95. The maximum Gasteiger partial charge on any atom is 0.193 e. The molecule has 2 aliphatic rings. The van der Waals surface area contributed by atoms with Gasteiger partial charge in [-0.2, -0.15) is 0 Å². The summed E-state index contributed by atoms with van der Waals surface area (Å²) in [7, 11) is 0. The Bertz CT molecular complexity index is 456. The molecule has 4 heteroatoms.